The fourth-order valence-corrected chi connectivity index (χ4v) is 2.06. The van der Waals surface area contributed by atoms with Gasteiger partial charge in [0.1, 0.15) is 16.5 Å². The van der Waals surface area contributed by atoms with Crippen LogP contribution in [0.1, 0.15) is 22.3 Å². The highest BCUT2D eigenvalue weighted by molar-refractivity contribution is 7.80. The van der Waals surface area contributed by atoms with Gasteiger partial charge < -0.3 is 10.5 Å². The highest BCUT2D eigenvalue weighted by Crippen LogP contribution is 2.28. The normalized spacial score (nSPS) is 10.3. The van der Waals surface area contributed by atoms with Crippen molar-refractivity contribution in [3.05, 3.63) is 58.7 Å². The van der Waals surface area contributed by atoms with E-state index in [9.17, 15) is 0 Å². The molecular weight excluding hydrogens is 254 g/mol. The van der Waals surface area contributed by atoms with E-state index < -0.39 is 0 Å². The van der Waals surface area contributed by atoms with E-state index in [1.807, 2.05) is 30.3 Å². The molecule has 0 saturated heterocycles. The van der Waals surface area contributed by atoms with E-state index in [-0.39, 0.29) is 0 Å². The van der Waals surface area contributed by atoms with Crippen molar-refractivity contribution in [2.24, 2.45) is 5.73 Å². The molecular formula is C16H17NOS. The third-order valence-electron chi connectivity index (χ3n) is 3.13. The Morgan fingerprint density at radius 1 is 1.05 bits per heavy atom. The van der Waals surface area contributed by atoms with Gasteiger partial charge in [0.25, 0.3) is 0 Å². The van der Waals surface area contributed by atoms with Gasteiger partial charge in [0.05, 0.1) is 0 Å². The number of hydrogen-bond acceptors (Lipinski definition) is 2. The quantitative estimate of drug-likeness (QED) is 0.856. The van der Waals surface area contributed by atoms with E-state index in [0.29, 0.717) is 4.99 Å². The predicted molar refractivity (Wildman–Crippen MR) is 83.1 cm³/mol. The van der Waals surface area contributed by atoms with Crippen molar-refractivity contribution >= 4 is 17.2 Å². The first-order valence-corrected chi connectivity index (χ1v) is 6.54. The molecule has 0 aromatic heterocycles. The van der Waals surface area contributed by atoms with Crippen LogP contribution in [-0.2, 0) is 0 Å². The number of aryl methyl sites for hydroxylation is 2. The number of rotatable bonds is 3. The molecule has 2 N–H and O–H groups in total. The summed E-state index contributed by atoms with van der Waals surface area (Å²) in [6, 6.07) is 11.7. The second-order valence-corrected chi connectivity index (χ2v) is 5.14. The first kappa shape index (κ1) is 13.6. The molecule has 2 aromatic carbocycles. The van der Waals surface area contributed by atoms with Gasteiger partial charge in [-0.05, 0) is 67.8 Å². The molecule has 0 spiro atoms. The monoisotopic (exact) mass is 271 g/mol. The molecule has 98 valence electrons. The third-order valence-corrected chi connectivity index (χ3v) is 3.37. The van der Waals surface area contributed by atoms with Crippen LogP contribution in [0.5, 0.6) is 11.5 Å². The summed E-state index contributed by atoms with van der Waals surface area (Å²) in [5.41, 5.74) is 10.00. The van der Waals surface area contributed by atoms with Crippen molar-refractivity contribution in [2.45, 2.75) is 20.8 Å². The minimum atomic E-state index is 0.397. The zero-order valence-corrected chi connectivity index (χ0v) is 12.2. The Morgan fingerprint density at radius 3 is 2.26 bits per heavy atom. The number of benzene rings is 2. The molecule has 0 heterocycles. The molecule has 0 bridgehead atoms. The molecule has 0 amide bonds. The van der Waals surface area contributed by atoms with Crippen LogP contribution in [0.3, 0.4) is 0 Å². The van der Waals surface area contributed by atoms with Crippen LogP contribution in [0.25, 0.3) is 0 Å². The lowest BCUT2D eigenvalue weighted by Gasteiger charge is -2.12. The summed E-state index contributed by atoms with van der Waals surface area (Å²) in [7, 11) is 0. The second-order valence-electron chi connectivity index (χ2n) is 4.70. The molecule has 2 rings (SSSR count). The smallest absolute Gasteiger partial charge is 0.130 e. The van der Waals surface area contributed by atoms with Crippen LogP contribution in [0.2, 0.25) is 0 Å². The van der Waals surface area contributed by atoms with Gasteiger partial charge in [0.15, 0.2) is 0 Å². The SMILES string of the molecule is Cc1cc(C)c(C)c(Oc2ccc(C(N)=S)cc2)c1. The summed E-state index contributed by atoms with van der Waals surface area (Å²) in [6.07, 6.45) is 0. The highest BCUT2D eigenvalue weighted by atomic mass is 32.1. The van der Waals surface area contributed by atoms with E-state index >= 15 is 0 Å². The molecule has 0 saturated carbocycles. The molecule has 3 heteroatoms. The summed E-state index contributed by atoms with van der Waals surface area (Å²) in [6.45, 7) is 6.22. The van der Waals surface area contributed by atoms with Gasteiger partial charge in [-0.15, -0.1) is 0 Å². The van der Waals surface area contributed by atoms with Gasteiger partial charge in [0, 0.05) is 5.56 Å². The molecule has 0 atom stereocenters. The number of nitrogens with two attached hydrogens (primary N) is 1. The van der Waals surface area contributed by atoms with E-state index in [1.165, 1.54) is 11.1 Å². The lowest BCUT2D eigenvalue weighted by molar-refractivity contribution is 0.478. The maximum absolute atomic E-state index is 5.92. The summed E-state index contributed by atoms with van der Waals surface area (Å²) in [4.78, 5) is 0.397. The molecule has 0 fully saturated rings. The van der Waals surface area contributed by atoms with Crippen LogP contribution in [-0.4, -0.2) is 4.99 Å². The standard InChI is InChI=1S/C16H17NOS/c1-10-8-11(2)12(3)15(9-10)18-14-6-4-13(5-7-14)16(17)19/h4-9H,1-3H3,(H2,17,19). The molecule has 19 heavy (non-hydrogen) atoms. The van der Waals surface area contributed by atoms with Crippen LogP contribution >= 0.6 is 12.2 Å². The van der Waals surface area contributed by atoms with Crippen molar-refractivity contribution in [1.29, 1.82) is 0 Å². The van der Waals surface area contributed by atoms with Crippen molar-refractivity contribution in [3.63, 3.8) is 0 Å². The predicted octanol–water partition coefficient (Wildman–Crippen LogP) is 4.04. The number of thiocarbonyl (C=S) groups is 1. The molecule has 0 aliphatic carbocycles. The number of ether oxygens (including phenoxy) is 1. The summed E-state index contributed by atoms with van der Waals surface area (Å²) >= 11 is 4.93. The van der Waals surface area contributed by atoms with Crippen molar-refractivity contribution < 1.29 is 4.74 Å². The van der Waals surface area contributed by atoms with E-state index in [1.54, 1.807) is 0 Å². The molecule has 0 radical (unpaired) electrons. The average molecular weight is 271 g/mol. The summed E-state index contributed by atoms with van der Waals surface area (Å²) in [5.74, 6) is 1.67. The largest absolute Gasteiger partial charge is 0.457 e. The Balaban J connectivity index is 2.28. The maximum Gasteiger partial charge on any atom is 0.130 e. The Kier molecular flexibility index (Phi) is 3.86. The van der Waals surface area contributed by atoms with Crippen molar-refractivity contribution in [1.82, 2.24) is 0 Å². The van der Waals surface area contributed by atoms with E-state index in [4.69, 9.17) is 22.7 Å². The molecule has 0 aliphatic rings. The van der Waals surface area contributed by atoms with Gasteiger partial charge in [-0.1, -0.05) is 18.3 Å². The fourth-order valence-electron chi connectivity index (χ4n) is 1.92. The lowest BCUT2D eigenvalue weighted by atomic mass is 10.1. The maximum atomic E-state index is 5.92. The van der Waals surface area contributed by atoms with Crippen LogP contribution in [0, 0.1) is 20.8 Å². The minimum absolute atomic E-state index is 0.397. The van der Waals surface area contributed by atoms with Gasteiger partial charge in [-0.25, -0.2) is 0 Å². The molecule has 2 aromatic rings. The molecule has 0 unspecified atom stereocenters. The van der Waals surface area contributed by atoms with E-state index in [2.05, 4.69) is 26.8 Å². The van der Waals surface area contributed by atoms with Gasteiger partial charge >= 0.3 is 0 Å². The molecule has 2 nitrogen and oxygen atoms in total. The third kappa shape index (κ3) is 3.12. The van der Waals surface area contributed by atoms with Gasteiger partial charge in [0.2, 0.25) is 0 Å². The first-order valence-electron chi connectivity index (χ1n) is 6.13. The van der Waals surface area contributed by atoms with Crippen molar-refractivity contribution in [2.75, 3.05) is 0 Å². The summed E-state index contributed by atoms with van der Waals surface area (Å²) in [5, 5.41) is 0. The first-order chi connectivity index (χ1) is 8.97. The second kappa shape index (κ2) is 5.41. The lowest BCUT2D eigenvalue weighted by Crippen LogP contribution is -2.08. The fraction of sp³-hybridized carbons (Fsp3) is 0.188. The number of hydrogen-bond donors (Lipinski definition) is 1. The minimum Gasteiger partial charge on any atom is -0.457 e. The van der Waals surface area contributed by atoms with Crippen LogP contribution < -0.4 is 10.5 Å². The van der Waals surface area contributed by atoms with Gasteiger partial charge in [-0.3, -0.25) is 0 Å². The highest BCUT2D eigenvalue weighted by Gasteiger charge is 2.05. The Hall–Kier alpha value is -1.87. The zero-order chi connectivity index (χ0) is 14.0. The molecule has 0 aliphatic heterocycles. The van der Waals surface area contributed by atoms with Crippen LogP contribution in [0.15, 0.2) is 36.4 Å². The summed E-state index contributed by atoms with van der Waals surface area (Å²) < 4.78 is 5.92. The Morgan fingerprint density at radius 2 is 1.68 bits per heavy atom. The van der Waals surface area contributed by atoms with Crippen LogP contribution in [0.4, 0.5) is 0 Å². The Bertz CT molecular complexity index is 617. The Labute approximate surface area is 119 Å². The van der Waals surface area contributed by atoms with E-state index in [0.717, 1.165) is 22.6 Å². The topological polar surface area (TPSA) is 35.2 Å². The zero-order valence-electron chi connectivity index (χ0n) is 11.4. The average Bonchev–Trinajstić information content (AvgIpc) is 2.36. The van der Waals surface area contributed by atoms with Crippen molar-refractivity contribution in [3.8, 4) is 11.5 Å². The van der Waals surface area contributed by atoms with Gasteiger partial charge in [-0.2, -0.15) is 0 Å².